The van der Waals surface area contributed by atoms with Gasteiger partial charge in [0.2, 0.25) is 0 Å². The van der Waals surface area contributed by atoms with Crippen LogP contribution in [0.5, 0.6) is 0 Å². The van der Waals surface area contributed by atoms with Crippen molar-refractivity contribution in [1.82, 2.24) is 9.78 Å². The second-order valence-corrected chi connectivity index (χ2v) is 5.05. The molecular formula is C12H21ClN2O2. The Hall–Kier alpha value is -0.580. The Morgan fingerprint density at radius 2 is 1.94 bits per heavy atom. The van der Waals surface area contributed by atoms with Crippen molar-refractivity contribution in [3.8, 4) is 0 Å². The number of hydrogen-bond acceptors (Lipinski definition) is 3. The highest BCUT2D eigenvalue weighted by atomic mass is 35.5. The fourth-order valence-corrected chi connectivity index (χ4v) is 2.04. The van der Waals surface area contributed by atoms with E-state index >= 15 is 0 Å². The SMILES string of the molecule is CCn1nc(C)c(Cl)c1CC(O)C(O)C(C)C. The Labute approximate surface area is 107 Å². The molecule has 0 saturated carbocycles. The maximum Gasteiger partial charge on any atom is 0.0857 e. The molecule has 2 unspecified atom stereocenters. The Morgan fingerprint density at radius 1 is 1.35 bits per heavy atom. The predicted molar refractivity (Wildman–Crippen MR) is 68.2 cm³/mol. The first kappa shape index (κ1) is 14.5. The Bertz CT molecular complexity index is 377. The fourth-order valence-electron chi connectivity index (χ4n) is 1.83. The zero-order valence-electron chi connectivity index (χ0n) is 10.8. The molecule has 17 heavy (non-hydrogen) atoms. The number of halogens is 1. The smallest absolute Gasteiger partial charge is 0.0857 e. The van der Waals surface area contributed by atoms with E-state index in [1.54, 1.807) is 4.68 Å². The van der Waals surface area contributed by atoms with Gasteiger partial charge in [-0.05, 0) is 19.8 Å². The van der Waals surface area contributed by atoms with E-state index in [1.165, 1.54) is 0 Å². The van der Waals surface area contributed by atoms with Crippen molar-refractivity contribution < 1.29 is 10.2 Å². The molecule has 0 spiro atoms. The maximum atomic E-state index is 9.95. The second kappa shape index (κ2) is 5.85. The van der Waals surface area contributed by atoms with Crippen LogP contribution in [0, 0.1) is 12.8 Å². The number of aliphatic hydroxyl groups is 2. The second-order valence-electron chi connectivity index (χ2n) is 4.67. The molecule has 0 bridgehead atoms. The van der Waals surface area contributed by atoms with Gasteiger partial charge >= 0.3 is 0 Å². The van der Waals surface area contributed by atoms with Crippen LogP contribution in [0.2, 0.25) is 5.02 Å². The van der Waals surface area contributed by atoms with Crippen LogP contribution in [0.25, 0.3) is 0 Å². The van der Waals surface area contributed by atoms with Gasteiger partial charge in [-0.3, -0.25) is 4.68 Å². The van der Waals surface area contributed by atoms with E-state index in [2.05, 4.69) is 5.10 Å². The molecule has 0 radical (unpaired) electrons. The van der Waals surface area contributed by atoms with E-state index in [1.807, 2.05) is 27.7 Å². The number of rotatable bonds is 5. The highest BCUT2D eigenvalue weighted by Gasteiger charge is 2.23. The lowest BCUT2D eigenvalue weighted by molar-refractivity contribution is -0.00825. The molecule has 4 nitrogen and oxygen atoms in total. The van der Waals surface area contributed by atoms with Crippen LogP contribution in [0.15, 0.2) is 0 Å². The molecule has 2 atom stereocenters. The Kier molecular flexibility index (Phi) is 4.98. The minimum Gasteiger partial charge on any atom is -0.390 e. The van der Waals surface area contributed by atoms with Gasteiger partial charge in [0.1, 0.15) is 0 Å². The van der Waals surface area contributed by atoms with Crippen LogP contribution in [0.1, 0.15) is 32.2 Å². The van der Waals surface area contributed by atoms with Crippen molar-refractivity contribution >= 4 is 11.6 Å². The molecule has 0 aliphatic heterocycles. The van der Waals surface area contributed by atoms with E-state index in [0.717, 1.165) is 11.4 Å². The van der Waals surface area contributed by atoms with E-state index in [9.17, 15) is 10.2 Å². The maximum absolute atomic E-state index is 9.95. The number of aryl methyl sites for hydroxylation is 2. The van der Waals surface area contributed by atoms with Crippen LogP contribution >= 0.6 is 11.6 Å². The third-order valence-corrected chi connectivity index (χ3v) is 3.42. The van der Waals surface area contributed by atoms with Crippen LogP contribution in [0.4, 0.5) is 0 Å². The number of hydrogen-bond donors (Lipinski definition) is 2. The standard InChI is InChI=1S/C12H21ClN2O2/c1-5-15-9(11(13)8(4)14-15)6-10(16)12(17)7(2)3/h7,10,12,16-17H,5-6H2,1-4H3. The molecule has 0 aromatic carbocycles. The van der Waals surface area contributed by atoms with Gasteiger partial charge in [0.05, 0.1) is 28.6 Å². The summed E-state index contributed by atoms with van der Waals surface area (Å²) in [5.41, 5.74) is 1.55. The lowest BCUT2D eigenvalue weighted by Crippen LogP contribution is -2.33. The molecule has 1 aromatic heterocycles. The topological polar surface area (TPSA) is 58.3 Å². The summed E-state index contributed by atoms with van der Waals surface area (Å²) in [6.45, 7) is 8.25. The minimum absolute atomic E-state index is 0.0165. The first-order valence-electron chi connectivity index (χ1n) is 5.96. The molecule has 1 rings (SSSR count). The van der Waals surface area contributed by atoms with Crippen molar-refractivity contribution in [1.29, 1.82) is 0 Å². The zero-order chi connectivity index (χ0) is 13.2. The predicted octanol–water partition coefficient (Wildman–Crippen LogP) is 1.79. The molecule has 98 valence electrons. The summed E-state index contributed by atoms with van der Waals surface area (Å²) in [5, 5.41) is 24.6. The third kappa shape index (κ3) is 3.21. The molecule has 2 N–H and O–H groups in total. The lowest BCUT2D eigenvalue weighted by Gasteiger charge is -2.21. The highest BCUT2D eigenvalue weighted by molar-refractivity contribution is 6.31. The number of nitrogens with zero attached hydrogens (tertiary/aromatic N) is 2. The summed E-state index contributed by atoms with van der Waals surface area (Å²) < 4.78 is 1.77. The van der Waals surface area contributed by atoms with Crippen LogP contribution < -0.4 is 0 Å². The zero-order valence-corrected chi connectivity index (χ0v) is 11.6. The third-order valence-electron chi connectivity index (χ3n) is 2.93. The number of aromatic nitrogens is 2. The average molecular weight is 261 g/mol. The van der Waals surface area contributed by atoms with Gasteiger partial charge in [-0.1, -0.05) is 25.4 Å². The Morgan fingerprint density at radius 3 is 2.41 bits per heavy atom. The van der Waals surface area contributed by atoms with E-state index in [-0.39, 0.29) is 5.92 Å². The molecular weight excluding hydrogens is 240 g/mol. The van der Waals surface area contributed by atoms with E-state index < -0.39 is 12.2 Å². The summed E-state index contributed by atoms with van der Waals surface area (Å²) in [4.78, 5) is 0. The van der Waals surface area contributed by atoms with Crippen LogP contribution in [0.3, 0.4) is 0 Å². The van der Waals surface area contributed by atoms with Gasteiger partial charge in [0.25, 0.3) is 0 Å². The van der Waals surface area contributed by atoms with Gasteiger partial charge < -0.3 is 10.2 Å². The number of aliphatic hydroxyl groups excluding tert-OH is 2. The summed E-state index contributed by atoms with van der Waals surface area (Å²) >= 11 is 6.14. The molecule has 0 saturated heterocycles. The summed E-state index contributed by atoms with van der Waals surface area (Å²) in [6, 6.07) is 0. The molecule has 0 aliphatic rings. The normalized spacial score (nSPS) is 15.3. The van der Waals surface area contributed by atoms with Crippen molar-refractivity contribution in [2.45, 2.75) is 52.9 Å². The minimum atomic E-state index is -0.811. The fraction of sp³-hybridized carbons (Fsp3) is 0.750. The van der Waals surface area contributed by atoms with Gasteiger partial charge in [-0.2, -0.15) is 5.10 Å². The molecule has 1 heterocycles. The quantitative estimate of drug-likeness (QED) is 0.849. The summed E-state index contributed by atoms with van der Waals surface area (Å²) in [6.07, 6.45) is -1.23. The largest absolute Gasteiger partial charge is 0.390 e. The first-order valence-corrected chi connectivity index (χ1v) is 6.34. The molecule has 1 aromatic rings. The molecule has 5 heteroatoms. The van der Waals surface area contributed by atoms with Crippen LogP contribution in [-0.2, 0) is 13.0 Å². The van der Waals surface area contributed by atoms with Gasteiger partial charge in [0.15, 0.2) is 0 Å². The van der Waals surface area contributed by atoms with Gasteiger partial charge in [-0.25, -0.2) is 0 Å². The molecule has 0 fully saturated rings. The van der Waals surface area contributed by atoms with E-state index in [0.29, 0.717) is 18.0 Å². The van der Waals surface area contributed by atoms with Crippen molar-refractivity contribution in [3.63, 3.8) is 0 Å². The monoisotopic (exact) mass is 260 g/mol. The highest BCUT2D eigenvalue weighted by Crippen LogP contribution is 2.23. The van der Waals surface area contributed by atoms with Gasteiger partial charge in [-0.15, -0.1) is 0 Å². The molecule has 0 amide bonds. The average Bonchev–Trinajstić information content (AvgIpc) is 2.55. The van der Waals surface area contributed by atoms with Gasteiger partial charge in [0, 0.05) is 13.0 Å². The van der Waals surface area contributed by atoms with Crippen LogP contribution in [-0.4, -0.2) is 32.2 Å². The molecule has 0 aliphatic carbocycles. The summed E-state index contributed by atoms with van der Waals surface area (Å²) in [7, 11) is 0. The van der Waals surface area contributed by atoms with Crippen molar-refractivity contribution in [2.75, 3.05) is 0 Å². The van der Waals surface area contributed by atoms with E-state index in [4.69, 9.17) is 11.6 Å². The summed E-state index contributed by atoms with van der Waals surface area (Å²) in [5.74, 6) is 0.0165. The Balaban J connectivity index is 2.87. The first-order chi connectivity index (χ1) is 7.88. The van der Waals surface area contributed by atoms with Crippen molar-refractivity contribution in [2.24, 2.45) is 5.92 Å². The lowest BCUT2D eigenvalue weighted by atomic mass is 9.98. The van der Waals surface area contributed by atoms with Crippen molar-refractivity contribution in [3.05, 3.63) is 16.4 Å².